The summed E-state index contributed by atoms with van der Waals surface area (Å²) in [5.41, 5.74) is 1.55. The highest BCUT2D eigenvalue weighted by Crippen LogP contribution is 2.39. The van der Waals surface area contributed by atoms with Crippen LogP contribution in [-0.4, -0.2) is 72.6 Å². The number of anilines is 2. The second kappa shape index (κ2) is 9.71. The van der Waals surface area contributed by atoms with Gasteiger partial charge in [0, 0.05) is 21.6 Å². The molecule has 3 saturated heterocycles. The minimum Gasteiger partial charge on any atom is -0.493 e. The predicted molar refractivity (Wildman–Crippen MR) is 137 cm³/mol. The molecule has 0 unspecified atom stereocenters. The van der Waals surface area contributed by atoms with E-state index in [1.807, 2.05) is 30.3 Å². The summed E-state index contributed by atoms with van der Waals surface area (Å²) in [6.07, 6.45) is 3.76. The van der Waals surface area contributed by atoms with Crippen molar-refractivity contribution in [1.29, 1.82) is 0 Å². The van der Waals surface area contributed by atoms with Crippen LogP contribution in [0.1, 0.15) is 12.8 Å². The molecule has 0 saturated carbocycles. The van der Waals surface area contributed by atoms with Gasteiger partial charge in [-0.25, -0.2) is 9.97 Å². The maximum absolute atomic E-state index is 6.42. The number of halogens is 2. The topological polar surface area (TPSA) is 78.0 Å². The lowest BCUT2D eigenvalue weighted by Crippen LogP contribution is -2.43. The van der Waals surface area contributed by atoms with Crippen molar-refractivity contribution in [2.75, 3.05) is 38.7 Å². The molecule has 0 amide bonds. The maximum Gasteiger partial charge on any atom is 0.164 e. The van der Waals surface area contributed by atoms with Crippen molar-refractivity contribution >= 4 is 49.9 Å². The van der Waals surface area contributed by atoms with Gasteiger partial charge in [-0.2, -0.15) is 0 Å². The number of ether oxygens (including phenoxy) is 4. The highest BCUT2D eigenvalue weighted by atomic mass is 79.9. The lowest BCUT2D eigenvalue weighted by molar-refractivity contribution is 0.0254. The zero-order chi connectivity index (χ0) is 23.9. The first kappa shape index (κ1) is 23.2. The maximum atomic E-state index is 6.42. The molecule has 184 valence electrons. The van der Waals surface area contributed by atoms with Gasteiger partial charge in [-0.05, 0) is 66.1 Å². The van der Waals surface area contributed by atoms with E-state index >= 15 is 0 Å². The first-order valence-electron chi connectivity index (χ1n) is 11.8. The lowest BCUT2D eigenvalue weighted by Gasteiger charge is -2.26. The van der Waals surface area contributed by atoms with Crippen LogP contribution in [0.3, 0.4) is 0 Å². The van der Waals surface area contributed by atoms with Crippen LogP contribution in [0, 0.1) is 0 Å². The van der Waals surface area contributed by atoms with E-state index in [1.165, 1.54) is 19.2 Å². The molecule has 3 fully saturated rings. The van der Waals surface area contributed by atoms with Crippen LogP contribution in [0.25, 0.3) is 10.9 Å². The molecule has 6 rings (SSSR count). The Morgan fingerprint density at radius 2 is 1.89 bits per heavy atom. The van der Waals surface area contributed by atoms with Crippen molar-refractivity contribution in [3.8, 4) is 11.5 Å². The Labute approximate surface area is 217 Å². The highest BCUT2D eigenvalue weighted by molar-refractivity contribution is 9.10. The van der Waals surface area contributed by atoms with Gasteiger partial charge < -0.3 is 24.3 Å². The molecule has 3 aromatic rings. The van der Waals surface area contributed by atoms with Gasteiger partial charge in [-0.3, -0.25) is 4.90 Å². The molecule has 0 bridgehead atoms. The molecule has 0 spiro atoms. The molecule has 8 nitrogen and oxygen atoms in total. The Kier molecular flexibility index (Phi) is 6.45. The molecule has 4 heterocycles. The smallest absolute Gasteiger partial charge is 0.164 e. The van der Waals surface area contributed by atoms with Crippen LogP contribution in [-0.2, 0) is 9.47 Å². The van der Waals surface area contributed by atoms with E-state index in [2.05, 4.69) is 36.1 Å². The second-order valence-electron chi connectivity index (χ2n) is 9.06. The SMILES string of the molecule is COc1cc2c(Nc3ccc(Br)c(Cl)c3)ncnc2cc1O[C@@H]1CO[C@@H]2[C@H]1OC[C@H]2N1CCCC1. The number of nitrogens with zero attached hydrogens (tertiary/aromatic N) is 3. The summed E-state index contributed by atoms with van der Waals surface area (Å²) in [6.45, 7) is 3.41. The Bertz CT molecular complexity index is 1240. The summed E-state index contributed by atoms with van der Waals surface area (Å²) in [5, 5.41) is 4.74. The molecular weight excluding hydrogens is 536 g/mol. The van der Waals surface area contributed by atoms with Gasteiger partial charge in [-0.1, -0.05) is 11.6 Å². The minimum absolute atomic E-state index is 0.0420. The average molecular weight is 562 g/mol. The molecule has 3 aliphatic rings. The third-order valence-corrected chi connectivity index (χ3v) is 8.21. The number of nitrogens with one attached hydrogen (secondary N) is 1. The Balaban J connectivity index is 1.24. The van der Waals surface area contributed by atoms with Crippen molar-refractivity contribution < 1.29 is 18.9 Å². The van der Waals surface area contributed by atoms with Crippen LogP contribution < -0.4 is 14.8 Å². The van der Waals surface area contributed by atoms with Crippen LogP contribution >= 0.6 is 27.5 Å². The standard InChI is InChI=1S/C25H26BrClN4O4/c1-32-20-9-15-18(28-13-29-25(15)30-14-4-5-16(26)17(27)8-14)10-21(20)35-22-12-34-23-19(11-33-24(22)23)31-6-2-3-7-31/h4-5,8-10,13,19,22-24H,2-3,6-7,11-12H2,1H3,(H,28,29,30)/t19-,22-,23+,24+/m1/s1. The van der Waals surface area contributed by atoms with E-state index in [9.17, 15) is 0 Å². The third-order valence-electron chi connectivity index (χ3n) is 6.97. The van der Waals surface area contributed by atoms with E-state index in [4.69, 9.17) is 30.5 Å². The van der Waals surface area contributed by atoms with Crippen molar-refractivity contribution in [2.24, 2.45) is 0 Å². The number of fused-ring (bicyclic) bond motifs is 2. The van der Waals surface area contributed by atoms with Gasteiger partial charge in [0.05, 0.1) is 36.9 Å². The number of hydrogen-bond acceptors (Lipinski definition) is 8. The largest absolute Gasteiger partial charge is 0.493 e. The minimum atomic E-state index is -0.205. The van der Waals surface area contributed by atoms with Crippen LogP contribution in [0.2, 0.25) is 5.02 Å². The van der Waals surface area contributed by atoms with Crippen molar-refractivity contribution in [1.82, 2.24) is 14.9 Å². The number of likely N-dealkylation sites (tertiary alicyclic amines) is 1. The van der Waals surface area contributed by atoms with Crippen LogP contribution in [0.4, 0.5) is 11.5 Å². The number of benzene rings is 2. The average Bonchev–Trinajstić information content (AvgIpc) is 3.61. The van der Waals surface area contributed by atoms with Gasteiger partial charge in [0.25, 0.3) is 0 Å². The Morgan fingerprint density at radius 1 is 1.06 bits per heavy atom. The number of aromatic nitrogens is 2. The monoisotopic (exact) mass is 560 g/mol. The second-order valence-corrected chi connectivity index (χ2v) is 10.3. The van der Waals surface area contributed by atoms with Crippen molar-refractivity contribution in [3.05, 3.63) is 46.2 Å². The lowest BCUT2D eigenvalue weighted by atomic mass is 10.1. The number of hydrogen-bond donors (Lipinski definition) is 1. The van der Waals surface area contributed by atoms with Crippen LogP contribution in [0.15, 0.2) is 41.1 Å². The molecule has 10 heteroatoms. The zero-order valence-electron chi connectivity index (χ0n) is 19.2. The molecule has 0 radical (unpaired) electrons. The highest BCUT2D eigenvalue weighted by Gasteiger charge is 2.51. The van der Waals surface area contributed by atoms with E-state index in [-0.39, 0.29) is 18.3 Å². The molecular formula is C25H26BrClN4O4. The molecule has 0 aliphatic carbocycles. The van der Waals surface area contributed by atoms with Gasteiger partial charge in [0.15, 0.2) is 17.6 Å². The summed E-state index contributed by atoms with van der Waals surface area (Å²) in [6, 6.07) is 9.73. The molecule has 1 aromatic heterocycles. The van der Waals surface area contributed by atoms with Gasteiger partial charge >= 0.3 is 0 Å². The fourth-order valence-electron chi connectivity index (χ4n) is 5.22. The fourth-order valence-corrected chi connectivity index (χ4v) is 5.65. The normalized spacial score (nSPS) is 26.3. The van der Waals surface area contributed by atoms with Gasteiger partial charge in [0.1, 0.15) is 24.4 Å². The van der Waals surface area contributed by atoms with E-state index in [0.29, 0.717) is 41.6 Å². The zero-order valence-corrected chi connectivity index (χ0v) is 21.6. The first-order valence-corrected chi connectivity index (χ1v) is 13.0. The summed E-state index contributed by atoms with van der Waals surface area (Å²) >= 11 is 9.67. The molecule has 35 heavy (non-hydrogen) atoms. The number of rotatable bonds is 6. The molecule has 3 aliphatic heterocycles. The van der Waals surface area contributed by atoms with Gasteiger partial charge in [-0.15, -0.1) is 0 Å². The predicted octanol–water partition coefficient (Wildman–Crippen LogP) is 4.81. The van der Waals surface area contributed by atoms with E-state index < -0.39 is 0 Å². The van der Waals surface area contributed by atoms with Crippen molar-refractivity contribution in [2.45, 2.75) is 37.2 Å². The van der Waals surface area contributed by atoms with E-state index in [1.54, 1.807) is 7.11 Å². The summed E-state index contributed by atoms with van der Waals surface area (Å²) in [7, 11) is 1.63. The third kappa shape index (κ3) is 4.44. The molecule has 2 aromatic carbocycles. The molecule has 1 N–H and O–H groups in total. The first-order chi connectivity index (χ1) is 17.1. The Hall–Kier alpha value is -2.17. The van der Waals surface area contributed by atoms with Gasteiger partial charge in [0.2, 0.25) is 0 Å². The Morgan fingerprint density at radius 3 is 2.69 bits per heavy atom. The van der Waals surface area contributed by atoms with Crippen LogP contribution in [0.5, 0.6) is 11.5 Å². The summed E-state index contributed by atoms with van der Waals surface area (Å²) < 4.78 is 25.3. The fraction of sp³-hybridized carbons (Fsp3) is 0.440. The molecule has 4 atom stereocenters. The number of methoxy groups -OCH3 is 1. The quantitative estimate of drug-likeness (QED) is 0.460. The van der Waals surface area contributed by atoms with Crippen molar-refractivity contribution in [3.63, 3.8) is 0 Å². The van der Waals surface area contributed by atoms with E-state index in [0.717, 1.165) is 34.2 Å². The summed E-state index contributed by atoms with van der Waals surface area (Å²) in [5.74, 6) is 1.86. The summed E-state index contributed by atoms with van der Waals surface area (Å²) in [4.78, 5) is 11.4.